The maximum absolute atomic E-state index is 13.6. The van der Waals surface area contributed by atoms with Gasteiger partial charge in [0.1, 0.15) is 5.71 Å². The number of carbonyl (C=O) groups is 1. The first-order chi connectivity index (χ1) is 16.5. The lowest BCUT2D eigenvalue weighted by molar-refractivity contribution is -0.115. The maximum atomic E-state index is 13.6. The molecule has 0 fully saturated rings. The number of amides is 1. The Hall–Kier alpha value is -2.54. The summed E-state index contributed by atoms with van der Waals surface area (Å²) < 4.78 is 0.991. The van der Waals surface area contributed by atoms with Crippen molar-refractivity contribution in [1.29, 1.82) is 0 Å². The average molecular weight is 558 g/mol. The van der Waals surface area contributed by atoms with Crippen molar-refractivity contribution in [3.8, 4) is 0 Å². The number of benzene rings is 3. The van der Waals surface area contributed by atoms with Gasteiger partial charge in [-0.1, -0.05) is 76.4 Å². The van der Waals surface area contributed by atoms with Crippen LogP contribution in [0.2, 0.25) is 10.0 Å². The Bertz CT molecular complexity index is 1260. The van der Waals surface area contributed by atoms with Gasteiger partial charge in [-0.25, -0.2) is 0 Å². The molecular weight excluding hydrogens is 535 g/mol. The first-order valence-corrected chi connectivity index (χ1v) is 12.8. The maximum Gasteiger partial charge on any atom is 0.286 e. The van der Waals surface area contributed by atoms with Gasteiger partial charge < -0.3 is 0 Å². The Labute approximate surface area is 217 Å². The van der Waals surface area contributed by atoms with E-state index in [0.717, 1.165) is 35.1 Å². The van der Waals surface area contributed by atoms with Crippen LogP contribution in [-0.4, -0.2) is 18.2 Å². The number of para-hydroxylation sites is 1. The van der Waals surface area contributed by atoms with Gasteiger partial charge in [0.2, 0.25) is 0 Å². The van der Waals surface area contributed by atoms with Gasteiger partial charge in [-0.2, -0.15) is 5.10 Å². The number of hydrogen-bond acceptors (Lipinski definition) is 4. The molecule has 0 spiro atoms. The van der Waals surface area contributed by atoms with Gasteiger partial charge in [-0.3, -0.25) is 20.2 Å². The number of hydrazone groups is 1. The van der Waals surface area contributed by atoms with Crippen molar-refractivity contribution in [2.45, 2.75) is 25.8 Å². The summed E-state index contributed by atoms with van der Waals surface area (Å²) in [5.41, 5.74) is 7.61. The number of anilines is 2. The van der Waals surface area contributed by atoms with E-state index in [1.54, 1.807) is 12.1 Å². The molecule has 2 heterocycles. The first-order valence-electron chi connectivity index (χ1n) is 11.2. The number of hydrazine groups is 1. The second-order valence-electron chi connectivity index (χ2n) is 8.41. The number of nitrogens with zero attached hydrogens (tertiary/aromatic N) is 3. The van der Waals surface area contributed by atoms with Gasteiger partial charge in [0.25, 0.3) is 5.91 Å². The zero-order valence-electron chi connectivity index (χ0n) is 18.5. The predicted octanol–water partition coefficient (Wildman–Crippen LogP) is 6.79. The molecule has 5 rings (SSSR count). The van der Waals surface area contributed by atoms with Crippen molar-refractivity contribution in [1.82, 2.24) is 5.43 Å². The van der Waals surface area contributed by atoms with Gasteiger partial charge >= 0.3 is 0 Å². The first kappa shape index (κ1) is 23.2. The Morgan fingerprint density at radius 1 is 1.09 bits per heavy atom. The van der Waals surface area contributed by atoms with Crippen molar-refractivity contribution >= 4 is 62.1 Å². The van der Waals surface area contributed by atoms with Crippen molar-refractivity contribution < 1.29 is 4.79 Å². The van der Waals surface area contributed by atoms with E-state index in [1.807, 2.05) is 46.4 Å². The van der Waals surface area contributed by atoms with E-state index >= 15 is 0 Å². The van der Waals surface area contributed by atoms with Crippen molar-refractivity contribution in [3.63, 3.8) is 0 Å². The van der Waals surface area contributed by atoms with Crippen LogP contribution in [0.3, 0.4) is 0 Å². The molecule has 0 aliphatic carbocycles. The Morgan fingerprint density at radius 2 is 1.85 bits per heavy atom. The zero-order valence-corrected chi connectivity index (χ0v) is 21.6. The molecule has 2 aliphatic heterocycles. The van der Waals surface area contributed by atoms with Crippen LogP contribution in [0.4, 0.5) is 11.4 Å². The highest BCUT2D eigenvalue weighted by atomic mass is 79.9. The van der Waals surface area contributed by atoms with E-state index in [9.17, 15) is 4.79 Å². The monoisotopic (exact) mass is 556 g/mol. The van der Waals surface area contributed by atoms with E-state index in [2.05, 4.69) is 46.5 Å². The van der Waals surface area contributed by atoms with E-state index in [0.29, 0.717) is 21.4 Å². The van der Waals surface area contributed by atoms with Crippen molar-refractivity contribution in [2.24, 2.45) is 11.0 Å². The van der Waals surface area contributed by atoms with E-state index in [1.165, 1.54) is 5.56 Å². The molecule has 0 saturated heterocycles. The van der Waals surface area contributed by atoms with E-state index in [-0.39, 0.29) is 17.9 Å². The van der Waals surface area contributed by atoms with Gasteiger partial charge in [0, 0.05) is 22.0 Å². The third-order valence-corrected chi connectivity index (χ3v) is 7.44. The fourth-order valence-electron chi connectivity index (χ4n) is 4.74. The van der Waals surface area contributed by atoms with Crippen LogP contribution in [0.15, 0.2) is 76.3 Å². The Balaban J connectivity index is 1.52. The fourth-order valence-corrected chi connectivity index (χ4v) is 5.50. The lowest BCUT2D eigenvalue weighted by Gasteiger charge is -2.29. The predicted molar refractivity (Wildman–Crippen MR) is 143 cm³/mol. The Kier molecular flexibility index (Phi) is 6.56. The van der Waals surface area contributed by atoms with E-state index < -0.39 is 0 Å². The molecule has 5 nitrogen and oxygen atoms in total. The average Bonchev–Trinajstić information content (AvgIpc) is 3.41. The minimum Gasteiger partial charge on any atom is -0.285 e. The summed E-state index contributed by atoms with van der Waals surface area (Å²) in [6.45, 7) is 2.81. The summed E-state index contributed by atoms with van der Waals surface area (Å²) in [6, 6.07) is 21.4. The number of nitrogens with one attached hydrogen (secondary N) is 1. The smallest absolute Gasteiger partial charge is 0.285 e. The normalized spacial score (nSPS) is 19.2. The van der Waals surface area contributed by atoms with Crippen LogP contribution in [0.5, 0.6) is 0 Å². The topological polar surface area (TPSA) is 47.9 Å². The summed E-state index contributed by atoms with van der Waals surface area (Å²) >= 11 is 16.3. The van der Waals surface area contributed by atoms with E-state index in [4.69, 9.17) is 28.3 Å². The second kappa shape index (κ2) is 9.61. The van der Waals surface area contributed by atoms with Crippen LogP contribution < -0.4 is 15.4 Å². The number of hydrogen-bond donors (Lipinski definition) is 1. The summed E-state index contributed by atoms with van der Waals surface area (Å²) in [4.78, 5) is 13.6. The molecule has 3 aromatic carbocycles. The molecule has 0 aromatic heterocycles. The minimum atomic E-state index is -0.196. The third-order valence-electron chi connectivity index (χ3n) is 6.38. The van der Waals surface area contributed by atoms with Crippen molar-refractivity contribution in [3.05, 3.63) is 92.4 Å². The summed E-state index contributed by atoms with van der Waals surface area (Å²) in [6.07, 6.45) is 1.64. The number of halogens is 3. The number of carbonyl (C=O) groups excluding carboxylic acids is 1. The lowest BCUT2D eigenvalue weighted by Crippen LogP contribution is -2.46. The molecule has 2 aliphatic rings. The molecule has 2 atom stereocenters. The van der Waals surface area contributed by atoms with Gasteiger partial charge in [0.05, 0.1) is 22.4 Å². The molecule has 34 heavy (non-hydrogen) atoms. The molecular formula is C26H23BrCl2N4O. The summed E-state index contributed by atoms with van der Waals surface area (Å²) in [7, 11) is 0. The van der Waals surface area contributed by atoms with Crippen LogP contribution in [0, 0.1) is 5.92 Å². The molecule has 0 saturated carbocycles. The highest BCUT2D eigenvalue weighted by Crippen LogP contribution is 2.44. The zero-order chi connectivity index (χ0) is 23.8. The third kappa shape index (κ3) is 4.30. The summed E-state index contributed by atoms with van der Waals surface area (Å²) in [5.74, 6) is -0.316. The quantitative estimate of drug-likeness (QED) is 0.375. The molecule has 1 N–H and O–H groups in total. The van der Waals surface area contributed by atoms with Crippen molar-refractivity contribution in [2.75, 3.05) is 16.6 Å². The molecule has 1 amide bonds. The lowest BCUT2D eigenvalue weighted by atomic mass is 9.87. The van der Waals surface area contributed by atoms with Gasteiger partial charge in [-0.05, 0) is 60.4 Å². The Morgan fingerprint density at radius 3 is 2.59 bits per heavy atom. The molecule has 0 bridgehead atoms. The highest BCUT2D eigenvalue weighted by Gasteiger charge is 2.42. The SMILES string of the molecule is CC[C@@H]1C(C(=O)NN2CCc3ccccc32)=NN(c2ccc(Cl)cc2Cl)[C@H]1c1ccc(Br)cc1. The fraction of sp³-hybridized carbons (Fsp3) is 0.231. The molecule has 0 unspecified atom stereocenters. The molecule has 0 radical (unpaired) electrons. The van der Waals surface area contributed by atoms with Crippen LogP contribution in [-0.2, 0) is 11.2 Å². The minimum absolute atomic E-state index is 0.120. The molecule has 8 heteroatoms. The highest BCUT2D eigenvalue weighted by molar-refractivity contribution is 9.10. The standard InChI is InChI=1S/C26H23BrCl2N4O/c1-2-20-24(26(34)31-32-14-13-16-5-3-4-6-22(16)32)30-33(23-12-11-19(28)15-21(23)29)25(20)17-7-9-18(27)10-8-17/h3-12,15,20,25H,2,13-14H2,1H3,(H,31,34)/t20-,25+/m1/s1. The van der Waals surface area contributed by atoms with Crippen LogP contribution in [0.25, 0.3) is 0 Å². The molecule has 3 aromatic rings. The van der Waals surface area contributed by atoms with Gasteiger partial charge in [0.15, 0.2) is 0 Å². The number of rotatable bonds is 5. The van der Waals surface area contributed by atoms with Crippen LogP contribution in [0.1, 0.15) is 30.5 Å². The van der Waals surface area contributed by atoms with Gasteiger partial charge in [-0.15, -0.1) is 0 Å². The summed E-state index contributed by atoms with van der Waals surface area (Å²) in [5, 5.41) is 9.67. The second-order valence-corrected chi connectivity index (χ2v) is 10.2. The number of fused-ring (bicyclic) bond motifs is 1. The van der Waals surface area contributed by atoms with Crippen LogP contribution >= 0.6 is 39.1 Å². The molecule has 174 valence electrons. The largest absolute Gasteiger partial charge is 0.286 e.